The van der Waals surface area contributed by atoms with E-state index in [2.05, 4.69) is 5.32 Å². The van der Waals surface area contributed by atoms with Crippen LogP contribution in [0.2, 0.25) is 5.02 Å². The molecule has 0 bridgehead atoms. The third-order valence-electron chi connectivity index (χ3n) is 3.00. The Labute approximate surface area is 145 Å². The fourth-order valence-electron chi connectivity index (χ4n) is 1.94. The summed E-state index contributed by atoms with van der Waals surface area (Å²) in [5.41, 5.74) is 1.38. The van der Waals surface area contributed by atoms with Crippen molar-refractivity contribution in [2.24, 2.45) is 0 Å². The molecule has 5 nitrogen and oxygen atoms in total. The number of carbonyl (C=O) groups is 1. The first-order valence-electron chi connectivity index (χ1n) is 7.05. The van der Waals surface area contributed by atoms with Gasteiger partial charge in [0, 0.05) is 16.8 Å². The van der Waals surface area contributed by atoms with Crippen molar-refractivity contribution in [3.63, 3.8) is 0 Å². The van der Waals surface area contributed by atoms with Crippen LogP contribution in [0, 0.1) is 11.3 Å². The van der Waals surface area contributed by atoms with Gasteiger partial charge in [0.1, 0.15) is 6.07 Å². The summed E-state index contributed by atoms with van der Waals surface area (Å²) in [4.78, 5) is 11.9. The molecule has 0 aromatic heterocycles. The van der Waals surface area contributed by atoms with E-state index in [0.717, 1.165) is 5.56 Å². The van der Waals surface area contributed by atoms with E-state index in [-0.39, 0.29) is 12.5 Å². The monoisotopic (exact) mass is 342 g/mol. The van der Waals surface area contributed by atoms with E-state index in [0.29, 0.717) is 22.2 Å². The molecule has 0 unspecified atom stereocenters. The molecule has 24 heavy (non-hydrogen) atoms. The Morgan fingerprint density at radius 3 is 2.83 bits per heavy atom. The van der Waals surface area contributed by atoms with E-state index in [4.69, 9.17) is 26.3 Å². The van der Waals surface area contributed by atoms with E-state index in [9.17, 15) is 4.79 Å². The summed E-state index contributed by atoms with van der Waals surface area (Å²) >= 11 is 5.87. The van der Waals surface area contributed by atoms with Crippen LogP contribution in [0.5, 0.6) is 11.5 Å². The zero-order chi connectivity index (χ0) is 17.4. The molecule has 0 atom stereocenters. The third-order valence-corrected chi connectivity index (χ3v) is 3.23. The topological polar surface area (TPSA) is 71.3 Å². The van der Waals surface area contributed by atoms with Crippen molar-refractivity contribution >= 4 is 29.3 Å². The Morgan fingerprint density at radius 2 is 2.12 bits per heavy atom. The van der Waals surface area contributed by atoms with Gasteiger partial charge in [0.2, 0.25) is 5.91 Å². The normalized spacial score (nSPS) is 10.2. The van der Waals surface area contributed by atoms with Gasteiger partial charge >= 0.3 is 0 Å². The molecule has 0 radical (unpaired) electrons. The lowest BCUT2D eigenvalue weighted by Gasteiger charge is -2.08. The first-order valence-corrected chi connectivity index (χ1v) is 7.42. The zero-order valence-corrected chi connectivity index (χ0v) is 13.7. The van der Waals surface area contributed by atoms with Crippen LogP contribution < -0.4 is 14.8 Å². The lowest BCUT2D eigenvalue weighted by molar-refractivity contribution is -0.111. The number of rotatable bonds is 6. The Balaban J connectivity index is 2.05. The molecule has 122 valence electrons. The van der Waals surface area contributed by atoms with E-state index < -0.39 is 0 Å². The summed E-state index contributed by atoms with van der Waals surface area (Å²) in [6.45, 7) is -0.0619. The highest BCUT2D eigenvalue weighted by atomic mass is 35.5. The number of carbonyl (C=O) groups excluding carboxylic acids is 1. The number of benzene rings is 2. The van der Waals surface area contributed by atoms with Crippen LogP contribution in [0.15, 0.2) is 48.5 Å². The highest BCUT2D eigenvalue weighted by Crippen LogP contribution is 2.28. The van der Waals surface area contributed by atoms with E-state index in [1.54, 1.807) is 48.5 Å². The number of hydrogen-bond acceptors (Lipinski definition) is 4. The molecule has 1 N–H and O–H groups in total. The summed E-state index contributed by atoms with van der Waals surface area (Å²) in [5.74, 6) is 0.684. The first-order chi connectivity index (χ1) is 11.6. The fourth-order valence-corrected chi connectivity index (χ4v) is 2.13. The second kappa shape index (κ2) is 8.61. The van der Waals surface area contributed by atoms with Gasteiger partial charge in [0.15, 0.2) is 18.1 Å². The van der Waals surface area contributed by atoms with Gasteiger partial charge < -0.3 is 14.8 Å². The summed E-state index contributed by atoms with van der Waals surface area (Å²) in [7, 11) is 1.51. The van der Waals surface area contributed by atoms with Crippen molar-refractivity contribution in [2.45, 2.75) is 0 Å². The van der Waals surface area contributed by atoms with Crippen LogP contribution in [0.4, 0.5) is 5.69 Å². The molecule has 0 spiro atoms. The number of hydrogen-bond donors (Lipinski definition) is 1. The molecule has 0 aliphatic rings. The van der Waals surface area contributed by atoms with Crippen molar-refractivity contribution in [1.29, 1.82) is 5.26 Å². The number of methoxy groups -OCH3 is 1. The molecule has 2 aromatic rings. The van der Waals surface area contributed by atoms with Crippen LogP contribution in [-0.2, 0) is 4.79 Å². The maximum atomic E-state index is 11.9. The Hall–Kier alpha value is -2.97. The average Bonchev–Trinajstić information content (AvgIpc) is 2.58. The van der Waals surface area contributed by atoms with Crippen molar-refractivity contribution < 1.29 is 14.3 Å². The van der Waals surface area contributed by atoms with Crippen molar-refractivity contribution in [2.75, 3.05) is 19.0 Å². The molecular weight excluding hydrogens is 328 g/mol. The molecule has 6 heteroatoms. The van der Waals surface area contributed by atoms with Crippen molar-refractivity contribution in [3.8, 4) is 17.6 Å². The highest BCUT2D eigenvalue weighted by Gasteiger charge is 2.05. The van der Waals surface area contributed by atoms with Crippen LogP contribution in [0.1, 0.15) is 5.56 Å². The maximum absolute atomic E-state index is 11.9. The summed E-state index contributed by atoms with van der Waals surface area (Å²) in [6.07, 6.45) is 3.06. The minimum atomic E-state index is -0.277. The molecule has 0 saturated heterocycles. The molecule has 0 aliphatic heterocycles. The van der Waals surface area contributed by atoms with Crippen LogP contribution in [-0.4, -0.2) is 19.6 Å². The smallest absolute Gasteiger partial charge is 0.248 e. The number of nitriles is 1. The van der Waals surface area contributed by atoms with Gasteiger partial charge in [-0.15, -0.1) is 0 Å². The standard InChI is InChI=1S/C18H15ClN2O3/c1-23-17-11-13(5-7-16(17)24-10-9-20)6-8-18(22)21-15-4-2-3-14(19)12-15/h2-8,11-12H,10H2,1H3,(H,21,22). The number of anilines is 1. The Kier molecular flexibility index (Phi) is 6.23. The first kappa shape index (κ1) is 17.4. The van der Waals surface area contributed by atoms with E-state index in [1.165, 1.54) is 13.2 Å². The molecule has 0 heterocycles. The lowest BCUT2D eigenvalue weighted by atomic mass is 10.2. The van der Waals surface area contributed by atoms with Gasteiger partial charge in [-0.05, 0) is 42.0 Å². The van der Waals surface area contributed by atoms with E-state index >= 15 is 0 Å². The second-order valence-corrected chi connectivity index (χ2v) is 5.13. The largest absolute Gasteiger partial charge is 0.493 e. The summed E-state index contributed by atoms with van der Waals surface area (Å²) in [6, 6.07) is 14.0. The van der Waals surface area contributed by atoms with Crippen molar-refractivity contribution in [3.05, 3.63) is 59.1 Å². The molecule has 0 aliphatic carbocycles. The predicted octanol–water partition coefficient (Wildman–Crippen LogP) is 3.90. The number of nitrogens with one attached hydrogen (secondary N) is 1. The molecule has 0 saturated carbocycles. The lowest BCUT2D eigenvalue weighted by Crippen LogP contribution is -2.07. The Bertz CT molecular complexity index is 797. The predicted molar refractivity (Wildman–Crippen MR) is 93.2 cm³/mol. The maximum Gasteiger partial charge on any atom is 0.248 e. The molecule has 0 fully saturated rings. The number of nitrogens with zero attached hydrogens (tertiary/aromatic N) is 1. The molecular formula is C18H15ClN2O3. The average molecular weight is 343 g/mol. The van der Waals surface area contributed by atoms with Gasteiger partial charge in [0.05, 0.1) is 7.11 Å². The number of amides is 1. The minimum Gasteiger partial charge on any atom is -0.493 e. The van der Waals surface area contributed by atoms with Gasteiger partial charge in [-0.3, -0.25) is 4.79 Å². The van der Waals surface area contributed by atoms with Gasteiger partial charge in [-0.1, -0.05) is 23.7 Å². The SMILES string of the molecule is COc1cc(C=CC(=O)Nc2cccc(Cl)c2)ccc1OCC#N. The van der Waals surface area contributed by atoms with E-state index in [1.807, 2.05) is 6.07 Å². The van der Waals surface area contributed by atoms with Crippen LogP contribution >= 0.6 is 11.6 Å². The van der Waals surface area contributed by atoms with Crippen LogP contribution in [0.25, 0.3) is 6.08 Å². The fraction of sp³-hybridized carbons (Fsp3) is 0.111. The Morgan fingerprint density at radius 1 is 1.29 bits per heavy atom. The van der Waals surface area contributed by atoms with Gasteiger partial charge in [-0.2, -0.15) is 5.26 Å². The third kappa shape index (κ3) is 5.04. The van der Waals surface area contributed by atoms with Crippen LogP contribution in [0.3, 0.4) is 0 Å². The minimum absolute atomic E-state index is 0.0619. The quantitative estimate of drug-likeness (QED) is 0.808. The summed E-state index contributed by atoms with van der Waals surface area (Å²) < 4.78 is 10.5. The number of ether oxygens (including phenoxy) is 2. The molecule has 2 rings (SSSR count). The van der Waals surface area contributed by atoms with Gasteiger partial charge in [-0.25, -0.2) is 0 Å². The summed E-state index contributed by atoms with van der Waals surface area (Å²) in [5, 5.41) is 11.8. The zero-order valence-electron chi connectivity index (χ0n) is 13.0. The van der Waals surface area contributed by atoms with Gasteiger partial charge in [0.25, 0.3) is 0 Å². The molecule has 2 aromatic carbocycles. The number of halogens is 1. The second-order valence-electron chi connectivity index (χ2n) is 4.69. The highest BCUT2D eigenvalue weighted by molar-refractivity contribution is 6.30. The van der Waals surface area contributed by atoms with Crippen molar-refractivity contribution in [1.82, 2.24) is 0 Å². The molecule has 1 amide bonds.